The molecule has 1 rings (SSSR count). The van der Waals surface area contributed by atoms with Gasteiger partial charge in [0, 0.05) is 6.54 Å². The fraction of sp³-hybridized carbons (Fsp3) is 0.900. The molecule has 0 saturated carbocycles. The number of morpholine rings is 1. The van der Waals surface area contributed by atoms with E-state index in [0.29, 0.717) is 26.2 Å². The molecule has 0 radical (unpaired) electrons. The molecule has 1 amide bonds. The van der Waals surface area contributed by atoms with Crippen LogP contribution in [0.15, 0.2) is 0 Å². The van der Waals surface area contributed by atoms with Gasteiger partial charge in [0.25, 0.3) is 0 Å². The molecule has 94 valence electrons. The van der Waals surface area contributed by atoms with Gasteiger partial charge in [-0.15, -0.1) is 0 Å². The number of carbonyl (C=O) groups excluding carboxylic acids is 1. The summed E-state index contributed by atoms with van der Waals surface area (Å²) in [6.07, 6.45) is 0.472. The van der Waals surface area contributed by atoms with E-state index in [-0.39, 0.29) is 19.1 Å². The summed E-state index contributed by atoms with van der Waals surface area (Å²) in [6, 6.07) is -0.405. The van der Waals surface area contributed by atoms with Crippen LogP contribution in [0.25, 0.3) is 0 Å². The van der Waals surface area contributed by atoms with Gasteiger partial charge >= 0.3 is 0 Å². The van der Waals surface area contributed by atoms with E-state index in [1.165, 1.54) is 0 Å². The highest BCUT2D eigenvalue weighted by Gasteiger charge is 2.32. The molecular formula is C10H20N2O4. The van der Waals surface area contributed by atoms with E-state index < -0.39 is 11.6 Å². The molecule has 1 heterocycles. The predicted octanol–water partition coefficient (Wildman–Crippen LogP) is -1.78. The van der Waals surface area contributed by atoms with Crippen molar-refractivity contribution >= 4 is 5.91 Å². The lowest BCUT2D eigenvalue weighted by atomic mass is 9.98. The average molecular weight is 232 g/mol. The number of ether oxygens (including phenoxy) is 1. The lowest BCUT2D eigenvalue weighted by Gasteiger charge is -2.32. The molecule has 1 saturated heterocycles. The highest BCUT2D eigenvalue weighted by atomic mass is 16.5. The van der Waals surface area contributed by atoms with Gasteiger partial charge < -0.3 is 25.6 Å². The Hall–Kier alpha value is -0.690. The summed E-state index contributed by atoms with van der Waals surface area (Å²) in [6.45, 7) is 2.80. The van der Waals surface area contributed by atoms with Crippen LogP contribution in [0.1, 0.15) is 13.3 Å². The van der Waals surface area contributed by atoms with E-state index in [9.17, 15) is 15.0 Å². The Labute approximate surface area is 95.0 Å². The number of hydrogen-bond donors (Lipinski definition) is 4. The Bertz CT molecular complexity index is 217. The van der Waals surface area contributed by atoms with Crippen molar-refractivity contribution in [2.75, 3.05) is 33.0 Å². The second-order valence-corrected chi connectivity index (χ2v) is 4.02. The van der Waals surface area contributed by atoms with Crippen LogP contribution in [-0.4, -0.2) is 60.7 Å². The van der Waals surface area contributed by atoms with E-state index in [2.05, 4.69) is 10.6 Å². The smallest absolute Gasteiger partial charge is 0.240 e. The van der Waals surface area contributed by atoms with Crippen molar-refractivity contribution in [2.45, 2.75) is 24.9 Å². The zero-order valence-corrected chi connectivity index (χ0v) is 9.53. The minimum atomic E-state index is -0.934. The third kappa shape index (κ3) is 3.15. The third-order valence-electron chi connectivity index (χ3n) is 2.91. The highest BCUT2D eigenvalue weighted by molar-refractivity contribution is 5.82. The first kappa shape index (κ1) is 13.4. The number of carbonyl (C=O) groups is 1. The largest absolute Gasteiger partial charge is 0.394 e. The van der Waals surface area contributed by atoms with Gasteiger partial charge in [-0.05, 0) is 6.42 Å². The molecule has 1 unspecified atom stereocenters. The second-order valence-electron chi connectivity index (χ2n) is 4.02. The Morgan fingerprint density at radius 3 is 2.69 bits per heavy atom. The Balaban J connectivity index is 2.53. The molecule has 6 nitrogen and oxygen atoms in total. The number of nitrogens with one attached hydrogen (secondary N) is 2. The van der Waals surface area contributed by atoms with Crippen LogP contribution in [0.5, 0.6) is 0 Å². The molecule has 6 heteroatoms. The van der Waals surface area contributed by atoms with Crippen LogP contribution in [0.3, 0.4) is 0 Å². The number of aliphatic hydroxyl groups is 2. The number of hydrogen-bond acceptors (Lipinski definition) is 5. The van der Waals surface area contributed by atoms with Crippen LogP contribution in [-0.2, 0) is 9.53 Å². The minimum Gasteiger partial charge on any atom is -0.394 e. The molecule has 1 atom stereocenters. The Kier molecular flexibility index (Phi) is 5.14. The van der Waals surface area contributed by atoms with Gasteiger partial charge in [-0.25, -0.2) is 0 Å². The monoisotopic (exact) mass is 232 g/mol. The van der Waals surface area contributed by atoms with E-state index >= 15 is 0 Å². The SMILES string of the molecule is CCC(CO)(CO)NC(=O)C1COCCN1. The lowest BCUT2D eigenvalue weighted by Crippen LogP contribution is -2.60. The van der Waals surface area contributed by atoms with Crippen LogP contribution in [0.2, 0.25) is 0 Å². The summed E-state index contributed by atoms with van der Waals surface area (Å²) in [5.74, 6) is -0.246. The standard InChI is InChI=1S/C10H20N2O4/c1-2-10(6-13,7-14)12-9(15)8-5-16-4-3-11-8/h8,11,13-14H,2-7H2,1H3,(H,12,15). The van der Waals surface area contributed by atoms with Gasteiger partial charge in [-0.2, -0.15) is 0 Å². The number of aliphatic hydroxyl groups excluding tert-OH is 2. The van der Waals surface area contributed by atoms with Crippen molar-refractivity contribution in [3.8, 4) is 0 Å². The molecule has 1 aliphatic rings. The molecule has 0 spiro atoms. The van der Waals surface area contributed by atoms with Crippen molar-refractivity contribution in [2.24, 2.45) is 0 Å². The van der Waals surface area contributed by atoms with Crippen molar-refractivity contribution < 1.29 is 19.7 Å². The first-order valence-corrected chi connectivity index (χ1v) is 5.52. The quantitative estimate of drug-likeness (QED) is 0.450. The normalized spacial score (nSPS) is 21.8. The van der Waals surface area contributed by atoms with E-state index in [0.717, 1.165) is 0 Å². The Morgan fingerprint density at radius 2 is 2.25 bits per heavy atom. The topological polar surface area (TPSA) is 90.8 Å². The maximum absolute atomic E-state index is 11.8. The maximum atomic E-state index is 11.8. The molecule has 0 bridgehead atoms. The van der Waals surface area contributed by atoms with Crippen molar-refractivity contribution in [3.05, 3.63) is 0 Å². The first-order valence-electron chi connectivity index (χ1n) is 5.52. The zero-order valence-electron chi connectivity index (χ0n) is 9.53. The van der Waals surface area contributed by atoms with E-state index in [4.69, 9.17) is 4.74 Å². The first-order chi connectivity index (χ1) is 7.67. The molecular weight excluding hydrogens is 212 g/mol. The molecule has 1 fully saturated rings. The molecule has 0 aromatic carbocycles. The van der Waals surface area contributed by atoms with Gasteiger partial charge in [0.15, 0.2) is 0 Å². The second kappa shape index (κ2) is 6.15. The van der Waals surface area contributed by atoms with Crippen LogP contribution in [0, 0.1) is 0 Å². The maximum Gasteiger partial charge on any atom is 0.240 e. The fourth-order valence-electron chi connectivity index (χ4n) is 1.52. The van der Waals surface area contributed by atoms with E-state index in [1.54, 1.807) is 6.92 Å². The van der Waals surface area contributed by atoms with Crippen molar-refractivity contribution in [1.82, 2.24) is 10.6 Å². The predicted molar refractivity (Wildman–Crippen MR) is 57.9 cm³/mol. The van der Waals surface area contributed by atoms with Gasteiger partial charge in [-0.3, -0.25) is 4.79 Å². The van der Waals surface area contributed by atoms with Crippen LogP contribution in [0.4, 0.5) is 0 Å². The molecule has 0 aromatic rings. The molecule has 4 N–H and O–H groups in total. The van der Waals surface area contributed by atoms with Gasteiger partial charge in [0.2, 0.25) is 5.91 Å². The highest BCUT2D eigenvalue weighted by Crippen LogP contribution is 2.09. The average Bonchev–Trinajstić information content (AvgIpc) is 2.37. The minimum absolute atomic E-state index is 0.246. The summed E-state index contributed by atoms with van der Waals surface area (Å²) >= 11 is 0. The van der Waals surface area contributed by atoms with E-state index in [1.807, 2.05) is 0 Å². The van der Waals surface area contributed by atoms with Crippen molar-refractivity contribution in [1.29, 1.82) is 0 Å². The molecule has 1 aliphatic heterocycles. The number of rotatable bonds is 5. The molecule has 0 aliphatic carbocycles. The summed E-state index contributed by atoms with van der Waals surface area (Å²) in [5.41, 5.74) is -0.934. The summed E-state index contributed by atoms with van der Waals surface area (Å²) < 4.78 is 5.17. The molecule has 0 aromatic heterocycles. The van der Waals surface area contributed by atoms with Crippen LogP contribution >= 0.6 is 0 Å². The van der Waals surface area contributed by atoms with Crippen molar-refractivity contribution in [3.63, 3.8) is 0 Å². The molecule has 16 heavy (non-hydrogen) atoms. The summed E-state index contributed by atoms with van der Waals surface area (Å²) in [5, 5.41) is 24.1. The lowest BCUT2D eigenvalue weighted by molar-refractivity contribution is -0.129. The third-order valence-corrected chi connectivity index (χ3v) is 2.91. The summed E-state index contributed by atoms with van der Waals surface area (Å²) in [7, 11) is 0. The Morgan fingerprint density at radius 1 is 1.56 bits per heavy atom. The van der Waals surface area contributed by atoms with Gasteiger partial charge in [-0.1, -0.05) is 6.92 Å². The fourth-order valence-corrected chi connectivity index (χ4v) is 1.52. The zero-order chi connectivity index (χ0) is 12.0. The van der Waals surface area contributed by atoms with Gasteiger partial charge in [0.1, 0.15) is 6.04 Å². The van der Waals surface area contributed by atoms with Gasteiger partial charge in [0.05, 0.1) is 32.0 Å². The number of amides is 1. The summed E-state index contributed by atoms with van der Waals surface area (Å²) in [4.78, 5) is 11.8. The van der Waals surface area contributed by atoms with Crippen LogP contribution < -0.4 is 10.6 Å².